The van der Waals surface area contributed by atoms with E-state index in [1.54, 1.807) is 24.5 Å². The number of pyridine rings is 1. The molecular formula is C16H13N3O2. The summed E-state index contributed by atoms with van der Waals surface area (Å²) in [7, 11) is 0. The van der Waals surface area contributed by atoms with Gasteiger partial charge >= 0.3 is 0 Å². The lowest BCUT2D eigenvalue weighted by Gasteiger charge is -2.21. The van der Waals surface area contributed by atoms with Crippen LogP contribution in [-0.2, 0) is 0 Å². The van der Waals surface area contributed by atoms with Crippen molar-refractivity contribution in [3.63, 3.8) is 0 Å². The number of hydrogen-bond donors (Lipinski definition) is 1. The predicted octanol–water partition coefficient (Wildman–Crippen LogP) is 2.20. The number of rotatable bonds is 2. The van der Waals surface area contributed by atoms with Crippen LogP contribution in [0.1, 0.15) is 11.1 Å². The Balaban J connectivity index is 2.15. The second-order valence-corrected chi connectivity index (χ2v) is 4.47. The zero-order valence-electron chi connectivity index (χ0n) is 11.2. The molecule has 1 aliphatic heterocycles. The average Bonchev–Trinajstić information content (AvgIpc) is 2.56. The van der Waals surface area contributed by atoms with Crippen molar-refractivity contribution in [1.82, 2.24) is 4.98 Å². The molecule has 104 valence electrons. The first-order valence-electron chi connectivity index (χ1n) is 6.50. The topological polar surface area (TPSA) is 81.2 Å². The van der Waals surface area contributed by atoms with Crippen LogP contribution in [0.4, 0.5) is 0 Å². The summed E-state index contributed by atoms with van der Waals surface area (Å²) >= 11 is 0. The van der Waals surface area contributed by atoms with Crippen molar-refractivity contribution in [2.75, 3.05) is 13.2 Å². The summed E-state index contributed by atoms with van der Waals surface area (Å²) in [6.07, 6.45) is 3.25. The molecule has 1 aliphatic rings. The lowest BCUT2D eigenvalue weighted by Crippen LogP contribution is -2.17. The zero-order chi connectivity index (χ0) is 14.7. The van der Waals surface area contributed by atoms with Crippen molar-refractivity contribution in [3.05, 3.63) is 53.9 Å². The molecule has 5 heteroatoms. The molecule has 2 heterocycles. The first kappa shape index (κ1) is 13.0. The van der Waals surface area contributed by atoms with Crippen LogP contribution in [0.3, 0.4) is 0 Å². The molecule has 21 heavy (non-hydrogen) atoms. The first-order valence-corrected chi connectivity index (χ1v) is 6.50. The highest BCUT2D eigenvalue weighted by molar-refractivity contribution is 5.97. The van der Waals surface area contributed by atoms with Gasteiger partial charge in [0.25, 0.3) is 0 Å². The fourth-order valence-electron chi connectivity index (χ4n) is 2.22. The van der Waals surface area contributed by atoms with Crippen LogP contribution in [0.5, 0.6) is 11.5 Å². The SMILES string of the molecule is N#C/C(=C(/N)c1cccc2c1OCCO2)c1ccncc1. The summed E-state index contributed by atoms with van der Waals surface area (Å²) in [5, 5.41) is 9.43. The Morgan fingerprint density at radius 3 is 2.67 bits per heavy atom. The van der Waals surface area contributed by atoms with Crippen LogP contribution < -0.4 is 15.2 Å². The lowest BCUT2D eigenvalue weighted by molar-refractivity contribution is 0.171. The third kappa shape index (κ3) is 2.39. The van der Waals surface area contributed by atoms with Gasteiger partial charge in [-0.3, -0.25) is 4.98 Å². The number of fused-ring (bicyclic) bond motifs is 1. The summed E-state index contributed by atoms with van der Waals surface area (Å²) in [4.78, 5) is 3.95. The fourth-order valence-corrected chi connectivity index (χ4v) is 2.22. The molecule has 0 saturated heterocycles. The zero-order valence-corrected chi connectivity index (χ0v) is 11.2. The van der Waals surface area contributed by atoms with E-state index in [2.05, 4.69) is 11.1 Å². The van der Waals surface area contributed by atoms with Gasteiger partial charge in [0.2, 0.25) is 0 Å². The van der Waals surface area contributed by atoms with E-state index in [1.165, 1.54) is 0 Å². The van der Waals surface area contributed by atoms with Crippen molar-refractivity contribution in [2.45, 2.75) is 0 Å². The molecule has 0 saturated carbocycles. The molecule has 0 fully saturated rings. The summed E-state index contributed by atoms with van der Waals surface area (Å²) in [6, 6.07) is 11.1. The summed E-state index contributed by atoms with van der Waals surface area (Å²) in [5.74, 6) is 1.23. The number of allylic oxidation sites excluding steroid dienone is 1. The van der Waals surface area contributed by atoms with Gasteiger partial charge in [0, 0.05) is 18.0 Å². The first-order chi connectivity index (χ1) is 10.3. The smallest absolute Gasteiger partial charge is 0.170 e. The van der Waals surface area contributed by atoms with Crippen molar-refractivity contribution in [1.29, 1.82) is 5.26 Å². The Bertz CT molecular complexity index is 733. The van der Waals surface area contributed by atoms with Crippen LogP contribution in [-0.4, -0.2) is 18.2 Å². The highest BCUT2D eigenvalue weighted by atomic mass is 16.6. The van der Waals surface area contributed by atoms with Crippen molar-refractivity contribution >= 4 is 11.3 Å². The largest absolute Gasteiger partial charge is 0.486 e. The number of nitriles is 1. The van der Waals surface area contributed by atoms with E-state index < -0.39 is 0 Å². The van der Waals surface area contributed by atoms with Crippen LogP contribution in [0, 0.1) is 11.3 Å². The van der Waals surface area contributed by atoms with Gasteiger partial charge in [0.1, 0.15) is 19.3 Å². The van der Waals surface area contributed by atoms with E-state index in [0.717, 1.165) is 5.56 Å². The van der Waals surface area contributed by atoms with E-state index in [1.807, 2.05) is 18.2 Å². The Labute approximate surface area is 122 Å². The Hall–Kier alpha value is -3.00. The van der Waals surface area contributed by atoms with Crippen LogP contribution >= 0.6 is 0 Å². The van der Waals surface area contributed by atoms with Crippen LogP contribution in [0.15, 0.2) is 42.7 Å². The average molecular weight is 279 g/mol. The number of ether oxygens (including phenoxy) is 2. The maximum atomic E-state index is 9.43. The Morgan fingerprint density at radius 2 is 1.90 bits per heavy atom. The number of aromatic nitrogens is 1. The minimum atomic E-state index is 0.367. The summed E-state index contributed by atoms with van der Waals surface area (Å²) in [5.41, 5.74) is 8.35. The van der Waals surface area contributed by atoms with E-state index in [4.69, 9.17) is 15.2 Å². The van der Waals surface area contributed by atoms with Crippen molar-refractivity contribution < 1.29 is 9.47 Å². The molecular weight excluding hydrogens is 266 g/mol. The lowest BCUT2D eigenvalue weighted by atomic mass is 10.0. The number of hydrogen-bond acceptors (Lipinski definition) is 5. The van der Waals surface area contributed by atoms with E-state index in [0.29, 0.717) is 41.5 Å². The Kier molecular flexibility index (Phi) is 3.44. The molecule has 5 nitrogen and oxygen atoms in total. The van der Waals surface area contributed by atoms with E-state index in [-0.39, 0.29) is 0 Å². The minimum absolute atomic E-state index is 0.367. The molecule has 0 bridgehead atoms. The normalized spacial score (nSPS) is 14.0. The van der Waals surface area contributed by atoms with Gasteiger partial charge in [0.05, 0.1) is 11.3 Å². The molecule has 3 rings (SSSR count). The van der Waals surface area contributed by atoms with Gasteiger partial charge in [-0.15, -0.1) is 0 Å². The number of benzene rings is 1. The highest BCUT2D eigenvalue weighted by Gasteiger charge is 2.19. The number of nitrogens with two attached hydrogens (primary N) is 1. The highest BCUT2D eigenvalue weighted by Crippen LogP contribution is 2.37. The molecule has 2 aromatic rings. The molecule has 2 N–H and O–H groups in total. The monoisotopic (exact) mass is 279 g/mol. The molecule has 0 atom stereocenters. The summed E-state index contributed by atoms with van der Waals surface area (Å²) in [6.45, 7) is 0.976. The van der Waals surface area contributed by atoms with E-state index >= 15 is 0 Å². The minimum Gasteiger partial charge on any atom is -0.486 e. The molecule has 1 aromatic carbocycles. The molecule has 0 spiro atoms. The number of para-hydroxylation sites is 1. The second-order valence-electron chi connectivity index (χ2n) is 4.47. The quantitative estimate of drug-likeness (QED) is 0.852. The maximum Gasteiger partial charge on any atom is 0.170 e. The third-order valence-electron chi connectivity index (χ3n) is 3.21. The van der Waals surface area contributed by atoms with Gasteiger partial charge in [-0.25, -0.2) is 0 Å². The molecule has 0 aliphatic carbocycles. The van der Waals surface area contributed by atoms with Crippen molar-refractivity contribution in [2.24, 2.45) is 5.73 Å². The Morgan fingerprint density at radius 1 is 1.14 bits per heavy atom. The van der Waals surface area contributed by atoms with Crippen molar-refractivity contribution in [3.8, 4) is 17.6 Å². The predicted molar refractivity (Wildman–Crippen MR) is 78.3 cm³/mol. The number of nitrogens with zero attached hydrogens (tertiary/aromatic N) is 2. The molecule has 1 aromatic heterocycles. The summed E-state index contributed by atoms with van der Waals surface area (Å²) < 4.78 is 11.2. The van der Waals surface area contributed by atoms with E-state index in [9.17, 15) is 5.26 Å². The second kappa shape index (κ2) is 5.55. The van der Waals surface area contributed by atoms with Gasteiger partial charge < -0.3 is 15.2 Å². The van der Waals surface area contributed by atoms with Crippen LogP contribution in [0.2, 0.25) is 0 Å². The molecule has 0 radical (unpaired) electrons. The standard InChI is InChI=1S/C16H13N3O2/c17-10-13(11-4-6-19-7-5-11)15(18)12-2-1-3-14-16(12)21-9-8-20-14/h1-7H,8-9,18H2/b15-13-. The van der Waals surface area contributed by atoms with Gasteiger partial charge in [0.15, 0.2) is 11.5 Å². The molecule has 0 amide bonds. The fraction of sp³-hybridized carbons (Fsp3) is 0.125. The molecule has 0 unspecified atom stereocenters. The van der Waals surface area contributed by atoms with Gasteiger partial charge in [-0.2, -0.15) is 5.26 Å². The van der Waals surface area contributed by atoms with Gasteiger partial charge in [-0.1, -0.05) is 6.07 Å². The van der Waals surface area contributed by atoms with Gasteiger partial charge in [-0.05, 0) is 29.8 Å². The maximum absolute atomic E-state index is 9.43. The third-order valence-corrected chi connectivity index (χ3v) is 3.21. The van der Waals surface area contributed by atoms with Crippen LogP contribution in [0.25, 0.3) is 11.3 Å².